The van der Waals surface area contributed by atoms with Gasteiger partial charge < -0.3 is 20.4 Å². The zero-order valence-corrected chi connectivity index (χ0v) is 25.2. The highest BCUT2D eigenvalue weighted by Gasteiger charge is 2.69. The lowest BCUT2D eigenvalue weighted by atomic mass is 9.55. The van der Waals surface area contributed by atoms with Crippen molar-refractivity contribution >= 4 is 0 Å². The predicted molar refractivity (Wildman–Crippen MR) is 149 cm³/mol. The maximum atomic E-state index is 13.3. The van der Waals surface area contributed by atoms with Crippen LogP contribution in [0.1, 0.15) is 105 Å². The van der Waals surface area contributed by atoms with Crippen molar-refractivity contribution in [3.05, 3.63) is 35.5 Å². The summed E-state index contributed by atoms with van der Waals surface area (Å²) in [5.41, 5.74) is -4.53. The fourth-order valence-electron chi connectivity index (χ4n) is 8.11. The molecule has 0 radical (unpaired) electrons. The maximum absolute atomic E-state index is 13.3. The Morgan fingerprint density at radius 2 is 1.48 bits per heavy atom. The van der Waals surface area contributed by atoms with Crippen molar-refractivity contribution in [2.24, 2.45) is 22.7 Å². The van der Waals surface area contributed by atoms with Crippen LogP contribution < -0.4 is 0 Å². The highest BCUT2D eigenvalue weighted by molar-refractivity contribution is 5.27. The van der Waals surface area contributed by atoms with Crippen molar-refractivity contribution in [1.29, 1.82) is 0 Å². The molecule has 3 rings (SSSR count). The Labute approximate surface area is 245 Å². The first-order valence-electron chi connectivity index (χ1n) is 15.1. The van der Waals surface area contributed by atoms with Gasteiger partial charge in [-0.3, -0.25) is 0 Å². The third-order valence-electron chi connectivity index (χ3n) is 10.2. The van der Waals surface area contributed by atoms with Gasteiger partial charge in [-0.25, -0.2) is 0 Å². The number of rotatable bonds is 9. The predicted octanol–water partition coefficient (Wildman–Crippen LogP) is 7.71. The molecule has 0 amide bonds. The number of hydrogen-bond acceptors (Lipinski definition) is 4. The summed E-state index contributed by atoms with van der Waals surface area (Å²) in [5.74, 6) is 0.201. The second kappa shape index (κ2) is 12.6. The SMILES string of the molecule is CC(C)(O)CCCC(C)(CC=CC(O)(C(F)(F)F)C(F)(F)F)C1CCC2C(=CC=C3C[C@@H](O)C[C@H](O)C3)CCC[C@@]21C. The normalized spacial score (nSPS) is 32.3. The standard InChI is InChI=1S/C32H48F6O4/c1-27(2,41)13-6-14-28(3,15-7-17-30(42,31(33,34)35)32(36,37)38)26-12-11-25-22(8-5-16-29(25,26)4)10-9-21-18-23(39)20-24(40)19-21/h7,9-10,17,23-26,39-42H,5-6,8,11-16,18-20H2,1-4H3/t23-,24-,25?,26?,28?,29+/m1/s1. The summed E-state index contributed by atoms with van der Waals surface area (Å²) in [6.07, 6.45) is -1.06. The van der Waals surface area contributed by atoms with Crippen LogP contribution in [0.5, 0.6) is 0 Å². The monoisotopic (exact) mass is 610 g/mol. The molecule has 3 saturated carbocycles. The summed E-state index contributed by atoms with van der Waals surface area (Å²) in [4.78, 5) is 0. The van der Waals surface area contributed by atoms with Crippen LogP contribution in [0, 0.1) is 22.7 Å². The Morgan fingerprint density at radius 3 is 2.02 bits per heavy atom. The summed E-state index contributed by atoms with van der Waals surface area (Å²) in [6.45, 7) is 7.44. The second-order valence-corrected chi connectivity index (χ2v) is 14.2. The first-order chi connectivity index (χ1) is 19.1. The van der Waals surface area contributed by atoms with Crippen LogP contribution in [0.4, 0.5) is 26.3 Å². The fraction of sp³-hybridized carbons (Fsp3) is 0.812. The largest absolute Gasteiger partial charge is 0.429 e. The van der Waals surface area contributed by atoms with E-state index in [2.05, 4.69) is 13.0 Å². The minimum Gasteiger partial charge on any atom is -0.393 e. The minimum atomic E-state index is -5.91. The lowest BCUT2D eigenvalue weighted by Crippen LogP contribution is -2.55. The summed E-state index contributed by atoms with van der Waals surface area (Å²) >= 11 is 0. The van der Waals surface area contributed by atoms with Gasteiger partial charge in [0.1, 0.15) is 0 Å². The molecule has 3 aliphatic rings. The van der Waals surface area contributed by atoms with Crippen molar-refractivity contribution < 1.29 is 46.8 Å². The molecule has 3 fully saturated rings. The van der Waals surface area contributed by atoms with Gasteiger partial charge in [-0.2, -0.15) is 26.3 Å². The Bertz CT molecular complexity index is 997. The van der Waals surface area contributed by atoms with Gasteiger partial charge in [0.2, 0.25) is 0 Å². The number of alkyl halides is 6. The van der Waals surface area contributed by atoms with Crippen LogP contribution in [-0.4, -0.2) is 56.2 Å². The summed E-state index contributed by atoms with van der Waals surface area (Å²) < 4.78 is 80.1. The molecular formula is C32H48F6O4. The molecule has 0 aromatic heterocycles. The van der Waals surface area contributed by atoms with Crippen LogP contribution in [0.15, 0.2) is 35.5 Å². The van der Waals surface area contributed by atoms with Gasteiger partial charge in [0, 0.05) is 0 Å². The van der Waals surface area contributed by atoms with E-state index in [9.17, 15) is 46.8 Å². The molecule has 0 heterocycles. The Kier molecular flexibility index (Phi) is 10.5. The lowest BCUT2D eigenvalue weighted by Gasteiger charge is -2.49. The third kappa shape index (κ3) is 7.83. The smallest absolute Gasteiger partial charge is 0.393 e. The molecule has 0 aromatic carbocycles. The number of aliphatic hydroxyl groups is 4. The minimum absolute atomic E-state index is 0.000925. The van der Waals surface area contributed by atoms with E-state index in [4.69, 9.17) is 0 Å². The average molecular weight is 611 g/mol. The average Bonchev–Trinajstić information content (AvgIpc) is 3.18. The molecule has 4 nitrogen and oxygen atoms in total. The van der Waals surface area contributed by atoms with Crippen molar-refractivity contribution in [2.45, 2.75) is 141 Å². The maximum Gasteiger partial charge on any atom is 0.429 e. The van der Waals surface area contributed by atoms with E-state index in [0.29, 0.717) is 38.5 Å². The molecule has 3 aliphatic carbocycles. The number of halogens is 6. The fourth-order valence-corrected chi connectivity index (χ4v) is 8.11. The zero-order valence-electron chi connectivity index (χ0n) is 25.2. The van der Waals surface area contributed by atoms with Gasteiger partial charge in [-0.1, -0.05) is 49.6 Å². The molecule has 42 heavy (non-hydrogen) atoms. The molecule has 242 valence electrons. The van der Waals surface area contributed by atoms with Gasteiger partial charge in [-0.05, 0) is 113 Å². The number of aliphatic hydroxyl groups excluding tert-OH is 2. The van der Waals surface area contributed by atoms with E-state index in [1.54, 1.807) is 13.8 Å². The molecule has 0 saturated heterocycles. The molecule has 0 aromatic rings. The van der Waals surface area contributed by atoms with Gasteiger partial charge in [0.25, 0.3) is 5.60 Å². The first kappa shape index (κ1) is 35.1. The zero-order chi connectivity index (χ0) is 31.8. The summed E-state index contributed by atoms with van der Waals surface area (Å²) in [5, 5.41) is 40.1. The lowest BCUT2D eigenvalue weighted by molar-refractivity contribution is -0.347. The van der Waals surface area contributed by atoms with Gasteiger partial charge >= 0.3 is 12.4 Å². The molecule has 10 heteroatoms. The Balaban J connectivity index is 1.91. The molecule has 0 spiro atoms. The van der Waals surface area contributed by atoms with E-state index in [0.717, 1.165) is 43.8 Å². The Morgan fingerprint density at radius 1 is 0.881 bits per heavy atom. The van der Waals surface area contributed by atoms with Crippen LogP contribution in [0.3, 0.4) is 0 Å². The number of hydrogen-bond donors (Lipinski definition) is 4. The summed E-state index contributed by atoms with van der Waals surface area (Å²) in [6, 6.07) is 0. The third-order valence-corrected chi connectivity index (χ3v) is 10.2. The van der Waals surface area contributed by atoms with Crippen molar-refractivity contribution in [3.63, 3.8) is 0 Å². The molecule has 6 atom stereocenters. The molecule has 3 unspecified atom stereocenters. The van der Waals surface area contributed by atoms with Crippen LogP contribution >= 0.6 is 0 Å². The molecular weight excluding hydrogens is 562 g/mol. The van der Waals surface area contributed by atoms with Crippen molar-refractivity contribution in [3.8, 4) is 0 Å². The van der Waals surface area contributed by atoms with E-state index in [1.807, 2.05) is 13.0 Å². The second-order valence-electron chi connectivity index (χ2n) is 14.2. The van der Waals surface area contributed by atoms with Crippen LogP contribution in [-0.2, 0) is 0 Å². The Hall–Kier alpha value is -1.36. The highest BCUT2D eigenvalue weighted by atomic mass is 19.4. The van der Waals surface area contributed by atoms with Crippen LogP contribution in [0.25, 0.3) is 0 Å². The topological polar surface area (TPSA) is 80.9 Å². The quantitative estimate of drug-likeness (QED) is 0.159. The molecule has 0 bridgehead atoms. The van der Waals surface area contributed by atoms with E-state index < -0.39 is 41.2 Å². The van der Waals surface area contributed by atoms with E-state index in [1.165, 1.54) is 5.57 Å². The van der Waals surface area contributed by atoms with Gasteiger partial charge in [0.15, 0.2) is 0 Å². The van der Waals surface area contributed by atoms with Crippen molar-refractivity contribution in [1.82, 2.24) is 0 Å². The van der Waals surface area contributed by atoms with Crippen LogP contribution in [0.2, 0.25) is 0 Å². The van der Waals surface area contributed by atoms with Gasteiger partial charge in [-0.15, -0.1) is 0 Å². The van der Waals surface area contributed by atoms with Gasteiger partial charge in [0.05, 0.1) is 17.8 Å². The highest BCUT2D eigenvalue weighted by Crippen LogP contribution is 2.64. The summed E-state index contributed by atoms with van der Waals surface area (Å²) in [7, 11) is 0. The number of fused-ring (bicyclic) bond motifs is 1. The molecule has 0 aliphatic heterocycles. The van der Waals surface area contributed by atoms with Crippen molar-refractivity contribution in [2.75, 3.05) is 0 Å². The van der Waals surface area contributed by atoms with E-state index in [-0.39, 0.29) is 29.7 Å². The van der Waals surface area contributed by atoms with E-state index >= 15 is 0 Å². The molecule has 4 N–H and O–H groups in total. The first-order valence-corrected chi connectivity index (χ1v) is 15.1. The number of allylic oxidation sites excluding steroid dienone is 4.